The maximum Gasteiger partial charge on any atom is 0.316 e. The van der Waals surface area contributed by atoms with Gasteiger partial charge in [0.25, 0.3) is 5.91 Å². The number of esters is 2. The van der Waals surface area contributed by atoms with Crippen molar-refractivity contribution in [2.75, 3.05) is 52.0 Å². The molecule has 0 aromatic heterocycles. The van der Waals surface area contributed by atoms with Crippen molar-refractivity contribution in [2.24, 2.45) is 10.8 Å². The standard InChI is InChI=1S/C48H63ClN2O10/c1-46(2,3)44(54)59-35-16-19-38-40(31-35)61-41-32-36(60-45(55)47(4,5)6)17-20-39(41)48(38)37-18-15-34(30-33(37)21-26-58-48)43(53)51-23-12-9-10-14-42(52)50-24-27-57-29-28-56-25-13-8-7-11-22-49/h15-20,30-32H,7-14,21-29H2,1-6H3,(H,50,52)(H,51,53). The van der Waals surface area contributed by atoms with Crippen molar-refractivity contribution in [3.05, 3.63) is 82.4 Å². The molecule has 2 heterocycles. The van der Waals surface area contributed by atoms with Gasteiger partial charge in [-0.1, -0.05) is 25.3 Å². The number of hydrogen-bond acceptors (Lipinski definition) is 10. The number of carbonyl (C=O) groups excluding carboxylic acids is 4. The van der Waals surface area contributed by atoms with Crippen LogP contribution in [0.15, 0.2) is 54.6 Å². The molecule has 0 bridgehead atoms. The summed E-state index contributed by atoms with van der Waals surface area (Å²) < 4.78 is 35.8. The summed E-state index contributed by atoms with van der Waals surface area (Å²) in [6.07, 6.45) is 7.58. The molecule has 3 aromatic carbocycles. The molecule has 332 valence electrons. The minimum absolute atomic E-state index is 0.0137. The number of nitrogens with one attached hydrogen (secondary N) is 2. The molecule has 0 atom stereocenters. The number of alkyl halides is 1. The molecule has 0 saturated heterocycles. The van der Waals surface area contributed by atoms with Gasteiger partial charge in [-0.05, 0) is 121 Å². The van der Waals surface area contributed by atoms with Crippen LogP contribution in [0.2, 0.25) is 0 Å². The highest BCUT2D eigenvalue weighted by molar-refractivity contribution is 6.17. The van der Waals surface area contributed by atoms with Crippen molar-refractivity contribution in [1.82, 2.24) is 10.6 Å². The van der Waals surface area contributed by atoms with Gasteiger partial charge in [-0.2, -0.15) is 0 Å². The summed E-state index contributed by atoms with van der Waals surface area (Å²) in [4.78, 5) is 51.3. The number of amides is 2. The van der Waals surface area contributed by atoms with Crippen LogP contribution in [-0.2, 0) is 40.6 Å². The zero-order chi connectivity index (χ0) is 44.0. The lowest BCUT2D eigenvalue weighted by Crippen LogP contribution is -2.40. The van der Waals surface area contributed by atoms with Crippen LogP contribution in [0.5, 0.6) is 23.0 Å². The summed E-state index contributed by atoms with van der Waals surface area (Å²) >= 11 is 5.69. The number of rotatable bonds is 21. The smallest absolute Gasteiger partial charge is 0.316 e. The second-order valence-corrected chi connectivity index (χ2v) is 18.0. The lowest BCUT2D eigenvalue weighted by atomic mass is 9.74. The number of fused-ring (bicyclic) bond motifs is 6. The highest BCUT2D eigenvalue weighted by Gasteiger charge is 2.48. The first-order valence-corrected chi connectivity index (χ1v) is 22.1. The molecule has 2 N–H and O–H groups in total. The van der Waals surface area contributed by atoms with E-state index < -0.39 is 28.4 Å². The van der Waals surface area contributed by atoms with Gasteiger partial charge in [0.05, 0.1) is 37.3 Å². The fourth-order valence-electron chi connectivity index (χ4n) is 7.01. The molecule has 2 amide bonds. The third-order valence-electron chi connectivity index (χ3n) is 10.4. The monoisotopic (exact) mass is 862 g/mol. The van der Waals surface area contributed by atoms with Gasteiger partial charge >= 0.3 is 11.9 Å². The second kappa shape index (κ2) is 22.0. The van der Waals surface area contributed by atoms with Crippen LogP contribution >= 0.6 is 11.6 Å². The first kappa shape index (κ1) is 47.6. The van der Waals surface area contributed by atoms with E-state index in [9.17, 15) is 19.2 Å². The summed E-state index contributed by atoms with van der Waals surface area (Å²) in [5.41, 5.74) is 1.15. The van der Waals surface area contributed by atoms with Crippen LogP contribution in [0.25, 0.3) is 0 Å². The molecule has 0 radical (unpaired) electrons. The van der Waals surface area contributed by atoms with E-state index in [-0.39, 0.29) is 11.8 Å². The van der Waals surface area contributed by atoms with Crippen LogP contribution < -0.4 is 24.8 Å². The highest BCUT2D eigenvalue weighted by Crippen LogP contribution is 2.56. The maximum atomic E-state index is 13.4. The second-order valence-electron chi connectivity index (χ2n) is 17.6. The number of hydrogen-bond donors (Lipinski definition) is 2. The van der Waals surface area contributed by atoms with Crippen LogP contribution in [0.1, 0.15) is 126 Å². The quantitative estimate of drug-likeness (QED) is 0.0461. The Morgan fingerprint density at radius 1 is 0.656 bits per heavy atom. The number of unbranched alkanes of at least 4 members (excludes halogenated alkanes) is 5. The molecular weight excluding hydrogens is 800 g/mol. The minimum atomic E-state index is -1.14. The number of halogens is 1. The molecule has 5 rings (SSSR count). The molecule has 0 fully saturated rings. The highest BCUT2D eigenvalue weighted by atomic mass is 35.5. The first-order valence-electron chi connectivity index (χ1n) is 21.6. The molecule has 0 saturated carbocycles. The number of carbonyl (C=O) groups is 4. The van der Waals surface area contributed by atoms with E-state index in [4.69, 9.17) is 40.0 Å². The molecule has 2 aliphatic rings. The first-order chi connectivity index (χ1) is 29.1. The predicted octanol–water partition coefficient (Wildman–Crippen LogP) is 8.80. The van der Waals surface area contributed by atoms with Gasteiger partial charge < -0.3 is 39.1 Å². The summed E-state index contributed by atoms with van der Waals surface area (Å²) in [6.45, 7) is 14.2. The zero-order valence-electron chi connectivity index (χ0n) is 36.7. The van der Waals surface area contributed by atoms with Gasteiger partial charge in [0.1, 0.15) is 23.0 Å². The van der Waals surface area contributed by atoms with Crippen molar-refractivity contribution in [1.29, 1.82) is 0 Å². The van der Waals surface area contributed by atoms with E-state index in [1.54, 1.807) is 71.9 Å². The predicted molar refractivity (Wildman–Crippen MR) is 234 cm³/mol. The van der Waals surface area contributed by atoms with Gasteiger partial charge in [-0.15, -0.1) is 11.6 Å². The van der Waals surface area contributed by atoms with Crippen LogP contribution in [0, 0.1) is 10.8 Å². The van der Waals surface area contributed by atoms with Crippen LogP contribution in [0.4, 0.5) is 0 Å². The van der Waals surface area contributed by atoms with Crippen LogP contribution in [0.3, 0.4) is 0 Å². The Kier molecular flexibility index (Phi) is 17.2. The lowest BCUT2D eigenvalue weighted by Gasteiger charge is -2.44. The maximum absolute atomic E-state index is 13.4. The molecule has 2 aliphatic heterocycles. The summed E-state index contributed by atoms with van der Waals surface area (Å²) in [7, 11) is 0. The van der Waals surface area contributed by atoms with Crippen molar-refractivity contribution in [2.45, 2.75) is 105 Å². The number of ether oxygens (including phenoxy) is 6. The SMILES string of the molecule is CC(C)(C)C(=O)Oc1ccc2c(c1)Oc1cc(OC(=O)C(C)(C)C)ccc1C21OCCc2cc(C(=O)NCCCCCC(=O)NCCOCCOCCCCCCCl)ccc21. The molecule has 1 spiro atoms. The van der Waals surface area contributed by atoms with Gasteiger partial charge in [-0.3, -0.25) is 19.2 Å². The van der Waals surface area contributed by atoms with Crippen LogP contribution in [-0.4, -0.2) is 75.8 Å². The average Bonchev–Trinajstić information content (AvgIpc) is 3.21. The normalized spacial score (nSPS) is 14.0. The van der Waals surface area contributed by atoms with E-state index in [0.29, 0.717) is 97.9 Å². The Bertz CT molecular complexity index is 1910. The summed E-state index contributed by atoms with van der Waals surface area (Å²) in [5.74, 6) is 1.21. The summed E-state index contributed by atoms with van der Waals surface area (Å²) in [5, 5.41) is 5.93. The Hall–Kier alpha value is -4.49. The fraction of sp³-hybridized carbons (Fsp3) is 0.542. The minimum Gasteiger partial charge on any atom is -0.456 e. The molecule has 3 aromatic rings. The lowest BCUT2D eigenvalue weighted by molar-refractivity contribution is -0.143. The van der Waals surface area contributed by atoms with Crippen molar-refractivity contribution in [3.8, 4) is 23.0 Å². The summed E-state index contributed by atoms with van der Waals surface area (Å²) in [6, 6.07) is 16.1. The van der Waals surface area contributed by atoms with Gasteiger partial charge in [-0.25, -0.2) is 0 Å². The van der Waals surface area contributed by atoms with Crippen molar-refractivity contribution >= 4 is 35.4 Å². The van der Waals surface area contributed by atoms with E-state index in [1.807, 2.05) is 24.3 Å². The largest absolute Gasteiger partial charge is 0.456 e. The molecule has 13 heteroatoms. The van der Waals surface area contributed by atoms with E-state index in [1.165, 1.54) is 0 Å². The van der Waals surface area contributed by atoms with E-state index in [2.05, 4.69) is 10.6 Å². The van der Waals surface area contributed by atoms with E-state index >= 15 is 0 Å². The Labute approximate surface area is 365 Å². The molecule has 0 unspecified atom stereocenters. The topological polar surface area (TPSA) is 148 Å². The van der Waals surface area contributed by atoms with Gasteiger partial charge in [0.15, 0.2) is 5.60 Å². The molecule has 12 nitrogen and oxygen atoms in total. The van der Waals surface area contributed by atoms with Crippen molar-refractivity contribution in [3.63, 3.8) is 0 Å². The van der Waals surface area contributed by atoms with Gasteiger partial charge in [0, 0.05) is 60.8 Å². The molecule has 61 heavy (non-hydrogen) atoms. The number of benzene rings is 3. The Morgan fingerprint density at radius 3 is 1.87 bits per heavy atom. The van der Waals surface area contributed by atoms with E-state index in [0.717, 1.165) is 62.7 Å². The fourth-order valence-corrected chi connectivity index (χ4v) is 7.19. The molecule has 0 aliphatic carbocycles. The average molecular weight is 863 g/mol. The Balaban J connectivity index is 1.17. The van der Waals surface area contributed by atoms with Gasteiger partial charge in [0.2, 0.25) is 5.91 Å². The molecular formula is C48H63ClN2O10. The third-order valence-corrected chi connectivity index (χ3v) is 10.7. The third kappa shape index (κ3) is 13.0. The van der Waals surface area contributed by atoms with Crippen molar-refractivity contribution < 1.29 is 47.6 Å². The zero-order valence-corrected chi connectivity index (χ0v) is 37.4. The Morgan fingerprint density at radius 2 is 1.25 bits per heavy atom.